The number of hydrogen-bond acceptors (Lipinski definition) is 3. The maximum absolute atomic E-state index is 10.8. The van der Waals surface area contributed by atoms with Gasteiger partial charge in [-0.15, -0.1) is 11.8 Å². The summed E-state index contributed by atoms with van der Waals surface area (Å²) in [4.78, 5) is 12.1. The van der Waals surface area contributed by atoms with E-state index in [9.17, 15) is 4.79 Å². The Morgan fingerprint density at radius 1 is 1.53 bits per heavy atom. The Bertz CT molecular complexity index is 389. The summed E-state index contributed by atoms with van der Waals surface area (Å²) in [5.74, 6) is 0.783. The standard InChI is InChI=1S/C12H14O2S/c1-9(13)14-7-12(2)8-15-11-6-4-3-5-10(11)12/h3-6H,7-8H2,1-2H3. The molecular formula is C12H14O2S. The van der Waals surface area contributed by atoms with Crippen molar-refractivity contribution in [2.45, 2.75) is 24.2 Å². The fourth-order valence-corrected chi connectivity index (χ4v) is 3.14. The second-order valence-electron chi connectivity index (χ2n) is 4.13. The Hall–Kier alpha value is -0.960. The first kappa shape index (κ1) is 10.6. The molecule has 1 aliphatic heterocycles. The molecule has 1 aromatic carbocycles. The minimum atomic E-state index is -0.203. The van der Waals surface area contributed by atoms with E-state index in [1.807, 2.05) is 23.9 Å². The highest BCUT2D eigenvalue weighted by Crippen LogP contribution is 2.43. The molecule has 0 fully saturated rings. The predicted octanol–water partition coefficient (Wildman–Crippen LogP) is 2.61. The Morgan fingerprint density at radius 3 is 3.00 bits per heavy atom. The topological polar surface area (TPSA) is 26.3 Å². The zero-order valence-corrected chi connectivity index (χ0v) is 9.76. The second-order valence-corrected chi connectivity index (χ2v) is 5.14. The molecule has 0 amide bonds. The molecule has 80 valence electrons. The Kier molecular flexibility index (Phi) is 2.74. The minimum absolute atomic E-state index is 0.0209. The van der Waals surface area contributed by atoms with Crippen molar-refractivity contribution in [1.29, 1.82) is 0 Å². The number of benzene rings is 1. The van der Waals surface area contributed by atoms with E-state index in [0.29, 0.717) is 6.61 Å². The van der Waals surface area contributed by atoms with Crippen molar-refractivity contribution in [3.63, 3.8) is 0 Å². The fourth-order valence-electron chi connectivity index (χ4n) is 1.79. The van der Waals surface area contributed by atoms with Crippen LogP contribution in [0, 0.1) is 0 Å². The molecule has 1 unspecified atom stereocenters. The molecule has 1 heterocycles. The highest BCUT2D eigenvalue weighted by Gasteiger charge is 2.35. The third-order valence-electron chi connectivity index (χ3n) is 2.68. The van der Waals surface area contributed by atoms with Crippen LogP contribution in [0.4, 0.5) is 0 Å². The van der Waals surface area contributed by atoms with Gasteiger partial charge in [-0.05, 0) is 11.6 Å². The van der Waals surface area contributed by atoms with Gasteiger partial charge < -0.3 is 4.74 Å². The predicted molar refractivity (Wildman–Crippen MR) is 61.2 cm³/mol. The fraction of sp³-hybridized carbons (Fsp3) is 0.417. The SMILES string of the molecule is CC(=O)OCC1(C)CSc2ccccc21. The zero-order chi connectivity index (χ0) is 10.9. The smallest absolute Gasteiger partial charge is 0.302 e. The Labute approximate surface area is 94.0 Å². The molecule has 0 saturated heterocycles. The van der Waals surface area contributed by atoms with E-state index >= 15 is 0 Å². The quantitative estimate of drug-likeness (QED) is 0.719. The summed E-state index contributed by atoms with van der Waals surface area (Å²) in [7, 11) is 0. The molecule has 3 heteroatoms. The number of rotatable bonds is 2. The summed E-state index contributed by atoms with van der Waals surface area (Å²) in [6.07, 6.45) is 0. The van der Waals surface area contributed by atoms with Crippen molar-refractivity contribution in [1.82, 2.24) is 0 Å². The van der Waals surface area contributed by atoms with Crippen LogP contribution < -0.4 is 0 Å². The van der Waals surface area contributed by atoms with Crippen molar-refractivity contribution in [3.8, 4) is 0 Å². The highest BCUT2D eigenvalue weighted by atomic mass is 32.2. The van der Waals surface area contributed by atoms with Crippen LogP contribution in [-0.4, -0.2) is 18.3 Å². The number of esters is 1. The van der Waals surface area contributed by atoms with E-state index < -0.39 is 0 Å². The van der Waals surface area contributed by atoms with Crippen LogP contribution in [0.5, 0.6) is 0 Å². The van der Waals surface area contributed by atoms with Crippen molar-refractivity contribution in [3.05, 3.63) is 29.8 Å². The number of fused-ring (bicyclic) bond motifs is 1. The van der Waals surface area contributed by atoms with Gasteiger partial charge in [-0.1, -0.05) is 25.1 Å². The maximum atomic E-state index is 10.8. The average Bonchev–Trinajstić information content (AvgIpc) is 2.56. The third-order valence-corrected chi connectivity index (χ3v) is 4.13. The molecular weight excluding hydrogens is 208 g/mol. The van der Waals surface area contributed by atoms with Gasteiger partial charge in [0.15, 0.2) is 0 Å². The van der Waals surface area contributed by atoms with Crippen LogP contribution in [0.2, 0.25) is 0 Å². The Morgan fingerprint density at radius 2 is 2.27 bits per heavy atom. The lowest BCUT2D eigenvalue weighted by atomic mass is 9.86. The molecule has 0 spiro atoms. The van der Waals surface area contributed by atoms with Crippen molar-refractivity contribution < 1.29 is 9.53 Å². The molecule has 0 bridgehead atoms. The minimum Gasteiger partial charge on any atom is -0.465 e. The van der Waals surface area contributed by atoms with E-state index in [-0.39, 0.29) is 11.4 Å². The summed E-state index contributed by atoms with van der Waals surface area (Å²) in [5, 5.41) is 0. The normalized spacial score (nSPS) is 23.6. The van der Waals surface area contributed by atoms with Gasteiger partial charge in [-0.25, -0.2) is 0 Å². The maximum Gasteiger partial charge on any atom is 0.302 e. The lowest BCUT2D eigenvalue weighted by Gasteiger charge is -2.23. The molecule has 2 nitrogen and oxygen atoms in total. The number of carbonyl (C=O) groups is 1. The summed E-state index contributed by atoms with van der Waals surface area (Å²) in [5.41, 5.74) is 1.28. The van der Waals surface area contributed by atoms with Crippen molar-refractivity contribution in [2.24, 2.45) is 0 Å². The van der Waals surface area contributed by atoms with E-state index in [0.717, 1.165) is 5.75 Å². The summed E-state index contributed by atoms with van der Waals surface area (Å²) >= 11 is 1.84. The van der Waals surface area contributed by atoms with E-state index in [2.05, 4.69) is 19.1 Å². The van der Waals surface area contributed by atoms with Crippen molar-refractivity contribution in [2.75, 3.05) is 12.4 Å². The molecule has 0 aromatic heterocycles. The number of thioether (sulfide) groups is 1. The lowest BCUT2D eigenvalue weighted by Crippen LogP contribution is -2.29. The lowest BCUT2D eigenvalue weighted by molar-refractivity contribution is -0.142. The molecule has 1 aliphatic rings. The highest BCUT2D eigenvalue weighted by molar-refractivity contribution is 7.99. The second kappa shape index (κ2) is 3.89. The summed E-state index contributed by atoms with van der Waals surface area (Å²) in [6.45, 7) is 4.08. The first-order valence-electron chi connectivity index (χ1n) is 4.97. The molecule has 0 N–H and O–H groups in total. The van der Waals surface area contributed by atoms with Crippen LogP contribution in [0.25, 0.3) is 0 Å². The van der Waals surface area contributed by atoms with Crippen LogP contribution in [0.3, 0.4) is 0 Å². The van der Waals surface area contributed by atoms with Gasteiger partial charge in [0.2, 0.25) is 0 Å². The van der Waals surface area contributed by atoms with E-state index in [4.69, 9.17) is 4.74 Å². The molecule has 0 saturated carbocycles. The third kappa shape index (κ3) is 2.02. The van der Waals surface area contributed by atoms with E-state index in [1.54, 1.807) is 0 Å². The van der Waals surface area contributed by atoms with Gasteiger partial charge in [0.05, 0.1) is 0 Å². The molecule has 0 radical (unpaired) electrons. The molecule has 0 aliphatic carbocycles. The van der Waals surface area contributed by atoms with Crippen molar-refractivity contribution >= 4 is 17.7 Å². The van der Waals surface area contributed by atoms with E-state index in [1.165, 1.54) is 17.4 Å². The van der Waals surface area contributed by atoms with Gasteiger partial charge >= 0.3 is 5.97 Å². The van der Waals surface area contributed by atoms with Crippen LogP contribution in [0.1, 0.15) is 19.4 Å². The summed E-state index contributed by atoms with van der Waals surface area (Å²) < 4.78 is 5.13. The van der Waals surface area contributed by atoms with Gasteiger partial charge in [-0.3, -0.25) is 4.79 Å². The van der Waals surface area contributed by atoms with Crippen LogP contribution >= 0.6 is 11.8 Å². The molecule has 1 aromatic rings. The van der Waals surface area contributed by atoms with Crippen LogP contribution in [-0.2, 0) is 14.9 Å². The van der Waals surface area contributed by atoms with Gasteiger partial charge in [0.25, 0.3) is 0 Å². The van der Waals surface area contributed by atoms with Gasteiger partial charge in [-0.2, -0.15) is 0 Å². The number of ether oxygens (including phenoxy) is 1. The number of carbonyl (C=O) groups excluding carboxylic acids is 1. The molecule has 1 atom stereocenters. The molecule has 2 rings (SSSR count). The largest absolute Gasteiger partial charge is 0.465 e. The van der Waals surface area contributed by atoms with Gasteiger partial charge in [0.1, 0.15) is 6.61 Å². The Balaban J connectivity index is 2.21. The zero-order valence-electron chi connectivity index (χ0n) is 8.95. The van der Waals surface area contributed by atoms with Crippen LogP contribution in [0.15, 0.2) is 29.2 Å². The van der Waals surface area contributed by atoms with Gasteiger partial charge in [0, 0.05) is 23.0 Å². The number of hydrogen-bond donors (Lipinski definition) is 0. The first-order chi connectivity index (χ1) is 7.12. The molecule has 15 heavy (non-hydrogen) atoms. The summed E-state index contributed by atoms with van der Waals surface area (Å²) in [6, 6.07) is 8.33. The first-order valence-corrected chi connectivity index (χ1v) is 5.96. The monoisotopic (exact) mass is 222 g/mol. The average molecular weight is 222 g/mol.